The molecule has 1 aromatic rings. The summed E-state index contributed by atoms with van der Waals surface area (Å²) in [5.74, 6) is 0. The van der Waals surface area contributed by atoms with Crippen molar-refractivity contribution in [3.63, 3.8) is 0 Å². The van der Waals surface area contributed by atoms with Gasteiger partial charge in [0, 0.05) is 13.1 Å². The molecule has 2 fully saturated rings. The smallest absolute Gasteiger partial charge is 0.0903 e. The van der Waals surface area contributed by atoms with E-state index in [-0.39, 0.29) is 5.41 Å². The first-order valence-corrected chi connectivity index (χ1v) is 5.71. The molecule has 2 N–H and O–H groups in total. The van der Waals surface area contributed by atoms with Crippen LogP contribution in [0, 0.1) is 0 Å². The van der Waals surface area contributed by atoms with Crippen LogP contribution in [-0.2, 0) is 5.41 Å². The van der Waals surface area contributed by atoms with E-state index < -0.39 is 5.60 Å². The summed E-state index contributed by atoms with van der Waals surface area (Å²) in [6.07, 6.45) is 3.40. The van der Waals surface area contributed by atoms with Gasteiger partial charge in [0.25, 0.3) is 0 Å². The summed E-state index contributed by atoms with van der Waals surface area (Å²) in [5.41, 5.74) is 1.26. The molecule has 0 radical (unpaired) electrons. The van der Waals surface area contributed by atoms with Crippen LogP contribution in [0.2, 0.25) is 0 Å². The molecule has 0 bridgehead atoms. The SMILES string of the molecule is OC1(CC2(c3ccccc3)CC2)CNC1. The normalized spacial score (nSPS) is 25.7. The van der Waals surface area contributed by atoms with Gasteiger partial charge in [0.05, 0.1) is 5.60 Å². The van der Waals surface area contributed by atoms with Crippen molar-refractivity contribution in [1.82, 2.24) is 5.32 Å². The predicted molar refractivity (Wildman–Crippen MR) is 59.8 cm³/mol. The molecule has 0 atom stereocenters. The highest BCUT2D eigenvalue weighted by atomic mass is 16.3. The molecule has 1 saturated carbocycles. The summed E-state index contributed by atoms with van der Waals surface area (Å²) in [6.45, 7) is 1.53. The van der Waals surface area contributed by atoms with E-state index in [1.807, 2.05) is 0 Å². The van der Waals surface area contributed by atoms with Crippen LogP contribution in [-0.4, -0.2) is 23.8 Å². The zero-order chi connectivity index (χ0) is 10.4. The van der Waals surface area contributed by atoms with Gasteiger partial charge in [0.15, 0.2) is 0 Å². The Morgan fingerprint density at radius 3 is 2.27 bits per heavy atom. The van der Waals surface area contributed by atoms with Crippen molar-refractivity contribution in [2.24, 2.45) is 0 Å². The molecule has 0 aromatic heterocycles. The van der Waals surface area contributed by atoms with Gasteiger partial charge in [-0.25, -0.2) is 0 Å². The molecule has 0 spiro atoms. The third-order valence-electron chi connectivity index (χ3n) is 3.82. The Hall–Kier alpha value is -0.860. The maximum absolute atomic E-state index is 10.2. The second-order valence-electron chi connectivity index (χ2n) is 5.15. The molecular weight excluding hydrogens is 186 g/mol. The highest BCUT2D eigenvalue weighted by Crippen LogP contribution is 2.53. The van der Waals surface area contributed by atoms with E-state index in [4.69, 9.17) is 0 Å². The van der Waals surface area contributed by atoms with Crippen molar-refractivity contribution >= 4 is 0 Å². The largest absolute Gasteiger partial charge is 0.387 e. The molecule has 15 heavy (non-hydrogen) atoms. The molecule has 2 aliphatic rings. The van der Waals surface area contributed by atoms with Gasteiger partial charge in [-0.05, 0) is 30.2 Å². The Labute approximate surface area is 90.3 Å². The molecule has 1 saturated heterocycles. The van der Waals surface area contributed by atoms with E-state index in [9.17, 15) is 5.11 Å². The van der Waals surface area contributed by atoms with Crippen molar-refractivity contribution in [2.45, 2.75) is 30.3 Å². The van der Waals surface area contributed by atoms with Gasteiger partial charge in [0.1, 0.15) is 0 Å². The molecular formula is C13H17NO. The summed E-state index contributed by atoms with van der Waals surface area (Å²) in [4.78, 5) is 0. The van der Waals surface area contributed by atoms with Gasteiger partial charge in [-0.2, -0.15) is 0 Å². The van der Waals surface area contributed by atoms with Crippen LogP contribution in [0.4, 0.5) is 0 Å². The van der Waals surface area contributed by atoms with E-state index in [0.717, 1.165) is 19.5 Å². The fraction of sp³-hybridized carbons (Fsp3) is 0.538. The van der Waals surface area contributed by atoms with Crippen LogP contribution in [0.25, 0.3) is 0 Å². The average Bonchev–Trinajstić information content (AvgIpc) is 2.98. The van der Waals surface area contributed by atoms with Crippen molar-refractivity contribution in [3.8, 4) is 0 Å². The van der Waals surface area contributed by atoms with Gasteiger partial charge in [-0.1, -0.05) is 30.3 Å². The maximum atomic E-state index is 10.2. The molecule has 1 aromatic carbocycles. The Balaban J connectivity index is 1.80. The van der Waals surface area contributed by atoms with Crippen molar-refractivity contribution in [2.75, 3.05) is 13.1 Å². The third kappa shape index (κ3) is 1.58. The van der Waals surface area contributed by atoms with Crippen LogP contribution in [0.5, 0.6) is 0 Å². The number of aliphatic hydroxyl groups is 1. The van der Waals surface area contributed by atoms with Gasteiger partial charge in [-0.15, -0.1) is 0 Å². The minimum Gasteiger partial charge on any atom is -0.387 e. The second kappa shape index (κ2) is 3.06. The average molecular weight is 203 g/mol. The van der Waals surface area contributed by atoms with E-state index in [0.29, 0.717) is 0 Å². The second-order valence-corrected chi connectivity index (χ2v) is 5.15. The van der Waals surface area contributed by atoms with Gasteiger partial charge in [-0.3, -0.25) is 0 Å². The molecule has 2 nitrogen and oxygen atoms in total. The Bertz CT molecular complexity index is 352. The lowest BCUT2D eigenvalue weighted by molar-refractivity contribution is -0.0256. The number of hydrogen-bond donors (Lipinski definition) is 2. The minimum absolute atomic E-state index is 0.290. The minimum atomic E-state index is -0.438. The number of rotatable bonds is 3. The highest BCUT2D eigenvalue weighted by molar-refractivity contribution is 5.32. The summed E-state index contributed by atoms with van der Waals surface area (Å²) in [6, 6.07) is 10.6. The lowest BCUT2D eigenvalue weighted by Gasteiger charge is -2.40. The Kier molecular flexibility index (Phi) is 1.91. The van der Waals surface area contributed by atoms with E-state index >= 15 is 0 Å². The quantitative estimate of drug-likeness (QED) is 0.779. The van der Waals surface area contributed by atoms with Crippen molar-refractivity contribution in [1.29, 1.82) is 0 Å². The Morgan fingerprint density at radius 1 is 1.13 bits per heavy atom. The van der Waals surface area contributed by atoms with Crippen LogP contribution in [0.1, 0.15) is 24.8 Å². The fourth-order valence-electron chi connectivity index (χ4n) is 2.68. The van der Waals surface area contributed by atoms with E-state index in [1.54, 1.807) is 0 Å². The number of benzene rings is 1. The first kappa shape index (κ1) is 9.37. The molecule has 1 aliphatic heterocycles. The lowest BCUT2D eigenvalue weighted by Crippen LogP contribution is -2.60. The van der Waals surface area contributed by atoms with Crippen molar-refractivity contribution < 1.29 is 5.11 Å². The molecule has 1 aliphatic carbocycles. The summed E-state index contributed by atoms with van der Waals surface area (Å²) >= 11 is 0. The third-order valence-corrected chi connectivity index (χ3v) is 3.82. The summed E-state index contributed by atoms with van der Waals surface area (Å²) in [7, 11) is 0. The summed E-state index contributed by atoms with van der Waals surface area (Å²) < 4.78 is 0. The van der Waals surface area contributed by atoms with Gasteiger partial charge in [0.2, 0.25) is 0 Å². The van der Waals surface area contributed by atoms with E-state index in [1.165, 1.54) is 18.4 Å². The molecule has 3 rings (SSSR count). The van der Waals surface area contributed by atoms with Crippen LogP contribution in [0.3, 0.4) is 0 Å². The molecule has 1 heterocycles. The standard InChI is InChI=1S/C13H17NO/c15-13(9-14-10-13)8-12(6-7-12)11-4-2-1-3-5-11/h1-5,14-15H,6-10H2. The topological polar surface area (TPSA) is 32.3 Å². The first-order valence-electron chi connectivity index (χ1n) is 5.71. The van der Waals surface area contributed by atoms with Crippen LogP contribution < -0.4 is 5.32 Å². The zero-order valence-corrected chi connectivity index (χ0v) is 8.87. The number of hydrogen-bond acceptors (Lipinski definition) is 2. The zero-order valence-electron chi connectivity index (χ0n) is 8.87. The predicted octanol–water partition coefficient (Wildman–Crippen LogP) is 1.44. The summed E-state index contributed by atoms with van der Waals surface area (Å²) in [5, 5.41) is 13.3. The van der Waals surface area contributed by atoms with Crippen molar-refractivity contribution in [3.05, 3.63) is 35.9 Å². The number of nitrogens with one attached hydrogen (secondary N) is 1. The maximum Gasteiger partial charge on any atom is 0.0903 e. The molecule has 0 unspecified atom stereocenters. The van der Waals surface area contributed by atoms with E-state index in [2.05, 4.69) is 35.6 Å². The molecule has 0 amide bonds. The fourth-order valence-corrected chi connectivity index (χ4v) is 2.68. The first-order chi connectivity index (χ1) is 7.23. The highest BCUT2D eigenvalue weighted by Gasteiger charge is 2.51. The Morgan fingerprint density at radius 2 is 1.80 bits per heavy atom. The van der Waals surface area contributed by atoms with Gasteiger partial charge >= 0.3 is 0 Å². The number of β-amino-alcohol motifs (C(OH)–C–C–N with tert-alkyl or cyclic N) is 1. The molecule has 80 valence electrons. The monoisotopic (exact) mass is 203 g/mol. The van der Waals surface area contributed by atoms with Crippen LogP contribution >= 0.6 is 0 Å². The molecule has 2 heteroatoms. The lowest BCUT2D eigenvalue weighted by atomic mass is 9.80. The van der Waals surface area contributed by atoms with Gasteiger partial charge < -0.3 is 10.4 Å². The van der Waals surface area contributed by atoms with Crippen LogP contribution in [0.15, 0.2) is 30.3 Å².